The molecule has 9 nitrogen and oxygen atoms in total. The minimum atomic E-state index is -1.02. The van der Waals surface area contributed by atoms with Crippen LogP contribution in [0.2, 0.25) is 0 Å². The number of amides is 2. The van der Waals surface area contributed by atoms with Gasteiger partial charge in [-0.1, -0.05) is 97.1 Å². The van der Waals surface area contributed by atoms with Gasteiger partial charge in [-0.2, -0.15) is 0 Å². The molecule has 0 spiro atoms. The van der Waals surface area contributed by atoms with E-state index in [9.17, 15) is 14.4 Å². The summed E-state index contributed by atoms with van der Waals surface area (Å²) in [5.74, 6) is -1.56. The maximum Gasteiger partial charge on any atom is 0.329 e. The highest BCUT2D eigenvalue weighted by atomic mass is 16.5. The predicted molar refractivity (Wildman–Crippen MR) is 182 cm³/mol. The number of ether oxygens (including phenoxy) is 1. The highest BCUT2D eigenvalue weighted by Gasteiger charge is 2.30. The molecule has 238 valence electrons. The van der Waals surface area contributed by atoms with Gasteiger partial charge in [0.1, 0.15) is 18.7 Å². The summed E-state index contributed by atoms with van der Waals surface area (Å²) in [5, 5.41) is 7.68. The zero-order valence-corrected chi connectivity index (χ0v) is 25.8. The van der Waals surface area contributed by atoms with Crippen LogP contribution in [0.25, 0.3) is 21.8 Å². The summed E-state index contributed by atoms with van der Waals surface area (Å²) >= 11 is 0. The normalized spacial score (nSPS) is 13.1. The molecule has 47 heavy (non-hydrogen) atoms. The lowest BCUT2D eigenvalue weighted by Gasteiger charge is -2.24. The molecule has 6 rings (SSSR count). The Balaban J connectivity index is 1.25. The number of hydrogen-bond donors (Lipinski definition) is 5. The van der Waals surface area contributed by atoms with Gasteiger partial charge < -0.3 is 31.1 Å². The average molecular weight is 628 g/mol. The average Bonchev–Trinajstić information content (AvgIpc) is 3.71. The van der Waals surface area contributed by atoms with Crippen LogP contribution in [0.15, 0.2) is 122 Å². The Hall–Kier alpha value is -5.67. The molecule has 6 N–H and O–H groups in total. The largest absolute Gasteiger partial charge is 0.459 e. The van der Waals surface area contributed by atoms with E-state index >= 15 is 0 Å². The van der Waals surface area contributed by atoms with Gasteiger partial charge in [0.25, 0.3) is 0 Å². The van der Waals surface area contributed by atoms with Crippen molar-refractivity contribution in [3.8, 4) is 0 Å². The highest BCUT2D eigenvalue weighted by molar-refractivity contribution is 5.93. The monoisotopic (exact) mass is 627 g/mol. The van der Waals surface area contributed by atoms with Crippen molar-refractivity contribution < 1.29 is 19.1 Å². The lowest BCUT2D eigenvalue weighted by atomic mass is 10.0. The maximum absolute atomic E-state index is 14.1. The first-order chi connectivity index (χ1) is 22.9. The minimum absolute atomic E-state index is 0.0593. The summed E-state index contributed by atoms with van der Waals surface area (Å²) in [6.45, 7) is 0.0593. The molecule has 9 heteroatoms. The maximum atomic E-state index is 14.1. The van der Waals surface area contributed by atoms with Crippen LogP contribution in [0.3, 0.4) is 0 Å². The molecule has 0 radical (unpaired) electrons. The van der Waals surface area contributed by atoms with Crippen molar-refractivity contribution in [3.05, 3.63) is 144 Å². The number of para-hydroxylation sites is 2. The summed E-state index contributed by atoms with van der Waals surface area (Å²) in [6.07, 6.45) is 4.34. The summed E-state index contributed by atoms with van der Waals surface area (Å²) in [4.78, 5) is 47.6. The first kappa shape index (κ1) is 31.3. The molecule has 2 amide bonds. The number of carbonyl (C=O) groups excluding carboxylic acids is 3. The molecule has 0 saturated carbocycles. The second-order valence-corrected chi connectivity index (χ2v) is 11.6. The quantitative estimate of drug-likeness (QED) is 0.118. The van der Waals surface area contributed by atoms with Crippen molar-refractivity contribution in [1.29, 1.82) is 0 Å². The van der Waals surface area contributed by atoms with E-state index in [-0.39, 0.29) is 19.4 Å². The van der Waals surface area contributed by atoms with E-state index in [0.29, 0.717) is 6.42 Å². The molecule has 0 aliphatic rings. The lowest BCUT2D eigenvalue weighted by Crippen LogP contribution is -2.56. The van der Waals surface area contributed by atoms with Crippen LogP contribution in [0.4, 0.5) is 0 Å². The molecule has 0 fully saturated rings. The number of rotatable bonds is 13. The molecule has 0 aliphatic carbocycles. The van der Waals surface area contributed by atoms with Crippen LogP contribution >= 0.6 is 0 Å². The van der Waals surface area contributed by atoms with Gasteiger partial charge >= 0.3 is 5.97 Å². The molecule has 0 aliphatic heterocycles. The van der Waals surface area contributed by atoms with Gasteiger partial charge in [0.05, 0.1) is 6.04 Å². The van der Waals surface area contributed by atoms with E-state index in [4.69, 9.17) is 10.5 Å². The molecule has 2 heterocycles. The molecule has 0 saturated heterocycles. The highest BCUT2D eigenvalue weighted by Crippen LogP contribution is 2.21. The number of nitrogens with two attached hydrogens (primary N) is 1. The van der Waals surface area contributed by atoms with Crippen molar-refractivity contribution in [2.75, 3.05) is 0 Å². The molecule has 0 unspecified atom stereocenters. The second kappa shape index (κ2) is 14.6. The van der Waals surface area contributed by atoms with Crippen molar-refractivity contribution in [1.82, 2.24) is 20.6 Å². The van der Waals surface area contributed by atoms with E-state index in [1.54, 1.807) is 0 Å². The fraction of sp³-hybridized carbons (Fsp3) is 0.184. The lowest BCUT2D eigenvalue weighted by molar-refractivity contribution is -0.149. The molecular formula is C38H37N5O4. The van der Waals surface area contributed by atoms with E-state index in [2.05, 4.69) is 20.6 Å². The zero-order valence-electron chi connectivity index (χ0n) is 25.8. The van der Waals surface area contributed by atoms with Gasteiger partial charge in [-0.05, 0) is 40.8 Å². The Morgan fingerprint density at radius 2 is 1.09 bits per heavy atom. The number of nitrogens with one attached hydrogen (secondary N) is 4. The zero-order chi connectivity index (χ0) is 32.6. The van der Waals surface area contributed by atoms with Crippen molar-refractivity contribution in [2.24, 2.45) is 5.73 Å². The Kier molecular flexibility index (Phi) is 9.74. The Morgan fingerprint density at radius 3 is 1.68 bits per heavy atom. The SMILES string of the molecule is N[C@@H](Cc1ccccc1)C(=O)N[C@@H](Cc1c[nH]c2ccccc12)C(=O)N[C@@H](Cc1c[nH]c2ccccc12)C(=O)OCc1ccccc1. The Labute approximate surface area is 272 Å². The smallest absolute Gasteiger partial charge is 0.329 e. The number of H-pyrrole nitrogens is 2. The van der Waals surface area contributed by atoms with Gasteiger partial charge in [-0.15, -0.1) is 0 Å². The summed E-state index contributed by atoms with van der Waals surface area (Å²) < 4.78 is 5.70. The fourth-order valence-corrected chi connectivity index (χ4v) is 5.78. The predicted octanol–water partition coefficient (Wildman–Crippen LogP) is 4.72. The van der Waals surface area contributed by atoms with Crippen molar-refractivity contribution >= 4 is 39.6 Å². The summed E-state index contributed by atoms with van der Waals surface area (Å²) in [5.41, 5.74) is 11.6. The van der Waals surface area contributed by atoms with Gasteiger partial charge in [0.15, 0.2) is 0 Å². The first-order valence-corrected chi connectivity index (χ1v) is 15.7. The molecular weight excluding hydrogens is 590 g/mol. The van der Waals surface area contributed by atoms with Crippen molar-refractivity contribution in [3.63, 3.8) is 0 Å². The standard InChI is InChI=1S/C38H37N5O4/c39-31(19-25-11-3-1-4-12-25)36(44)42-34(20-27-22-40-32-17-9-7-15-29(27)32)37(45)43-35(38(46)47-24-26-13-5-2-6-14-26)21-28-23-41-33-18-10-8-16-30(28)33/h1-18,22-23,31,34-35,40-41H,19-21,24,39H2,(H,42,44)(H,43,45)/t31-,34-,35-/m0/s1. The number of esters is 1. The van der Waals surface area contributed by atoms with E-state index < -0.39 is 35.9 Å². The topological polar surface area (TPSA) is 142 Å². The summed E-state index contributed by atoms with van der Waals surface area (Å²) in [7, 11) is 0. The second-order valence-electron chi connectivity index (χ2n) is 11.6. The first-order valence-electron chi connectivity index (χ1n) is 15.7. The third kappa shape index (κ3) is 7.77. The number of fused-ring (bicyclic) bond motifs is 2. The van der Waals surface area contributed by atoms with Crippen LogP contribution in [0.5, 0.6) is 0 Å². The van der Waals surface area contributed by atoms with Crippen LogP contribution < -0.4 is 16.4 Å². The molecule has 2 aromatic heterocycles. The van der Waals surface area contributed by atoms with Gasteiger partial charge in [-0.25, -0.2) is 4.79 Å². The van der Waals surface area contributed by atoms with E-state index in [1.807, 2.05) is 122 Å². The molecule has 4 aromatic carbocycles. The third-order valence-electron chi connectivity index (χ3n) is 8.29. The number of carbonyl (C=O) groups is 3. The van der Waals surface area contributed by atoms with Crippen LogP contribution in [0.1, 0.15) is 22.3 Å². The fourth-order valence-electron chi connectivity index (χ4n) is 5.78. The number of aromatic amines is 2. The van der Waals surface area contributed by atoms with Crippen LogP contribution in [-0.4, -0.2) is 45.9 Å². The molecule has 3 atom stereocenters. The molecule has 0 bridgehead atoms. The van der Waals surface area contributed by atoms with Gasteiger partial charge in [0.2, 0.25) is 11.8 Å². The molecule has 6 aromatic rings. The Bertz CT molecular complexity index is 1970. The number of hydrogen-bond acceptors (Lipinski definition) is 5. The Morgan fingerprint density at radius 1 is 0.596 bits per heavy atom. The van der Waals surface area contributed by atoms with E-state index in [0.717, 1.165) is 44.1 Å². The number of aromatic nitrogens is 2. The van der Waals surface area contributed by atoms with Crippen LogP contribution in [-0.2, 0) is 45.0 Å². The van der Waals surface area contributed by atoms with Gasteiger partial charge in [0, 0.05) is 47.0 Å². The van der Waals surface area contributed by atoms with Crippen LogP contribution in [0, 0.1) is 0 Å². The minimum Gasteiger partial charge on any atom is -0.459 e. The van der Waals surface area contributed by atoms with Crippen molar-refractivity contribution in [2.45, 2.75) is 44.0 Å². The van der Waals surface area contributed by atoms with Gasteiger partial charge in [-0.3, -0.25) is 9.59 Å². The third-order valence-corrected chi connectivity index (χ3v) is 8.29. The summed E-state index contributed by atoms with van der Waals surface area (Å²) in [6, 6.07) is 31.4. The number of benzene rings is 4. The van der Waals surface area contributed by atoms with E-state index in [1.165, 1.54) is 0 Å².